The molecule has 0 aliphatic rings. The Kier molecular flexibility index (Phi) is 5.04. The number of H-pyrrole nitrogens is 1. The Hall–Kier alpha value is -3.07. The molecule has 0 spiro atoms. The maximum atomic E-state index is 13.4. The minimum absolute atomic E-state index is 0.0657. The molecule has 0 bridgehead atoms. The molecule has 0 radical (unpaired) electrons. The van der Waals surface area contributed by atoms with Gasteiger partial charge in [-0.2, -0.15) is 13.2 Å². The van der Waals surface area contributed by atoms with Gasteiger partial charge in [0.15, 0.2) is 0 Å². The van der Waals surface area contributed by atoms with Gasteiger partial charge in [-0.15, -0.1) is 5.10 Å². The molecule has 1 aromatic heterocycles. The number of ether oxygens (including phenoxy) is 1. The van der Waals surface area contributed by atoms with Crippen molar-refractivity contribution >= 4 is 0 Å². The lowest BCUT2D eigenvalue weighted by molar-refractivity contribution is -0.137. The normalized spacial score (nSPS) is 12.8. The van der Waals surface area contributed by atoms with Crippen molar-refractivity contribution in [2.75, 3.05) is 6.54 Å². The topological polar surface area (TPSA) is 94.1 Å². The van der Waals surface area contributed by atoms with E-state index in [4.69, 9.17) is 14.9 Å². The van der Waals surface area contributed by atoms with E-state index in [2.05, 4.69) is 10.2 Å². The molecular formula is C18H16F3N3O3. The molecule has 9 heteroatoms. The number of nitrogens with one attached hydrogen (secondary N) is 1. The van der Waals surface area contributed by atoms with Gasteiger partial charge >= 0.3 is 11.9 Å². The number of benzene rings is 2. The summed E-state index contributed by atoms with van der Waals surface area (Å²) in [5.41, 5.74) is 5.19. The van der Waals surface area contributed by atoms with Crippen molar-refractivity contribution in [2.45, 2.75) is 19.2 Å². The highest BCUT2D eigenvalue weighted by Gasteiger charge is 2.34. The van der Waals surface area contributed by atoms with Crippen LogP contribution in [0.5, 0.6) is 5.75 Å². The fourth-order valence-electron chi connectivity index (χ4n) is 2.51. The van der Waals surface area contributed by atoms with E-state index in [9.17, 15) is 18.0 Å². The second-order valence-electron chi connectivity index (χ2n) is 5.86. The van der Waals surface area contributed by atoms with Crippen LogP contribution in [-0.2, 0) is 6.18 Å². The van der Waals surface area contributed by atoms with Crippen molar-refractivity contribution in [3.8, 4) is 28.3 Å². The van der Waals surface area contributed by atoms with Crippen LogP contribution in [0.15, 0.2) is 51.7 Å². The molecule has 1 atom stereocenters. The quantitative estimate of drug-likeness (QED) is 0.708. The third-order valence-corrected chi connectivity index (χ3v) is 3.84. The highest BCUT2D eigenvalue weighted by Crippen LogP contribution is 2.39. The zero-order valence-corrected chi connectivity index (χ0v) is 14.2. The molecule has 2 aromatic carbocycles. The first-order valence-electron chi connectivity index (χ1n) is 8.02. The number of aromatic nitrogens is 2. The summed E-state index contributed by atoms with van der Waals surface area (Å²) in [6.07, 6.45) is -4.77. The van der Waals surface area contributed by atoms with E-state index in [-0.39, 0.29) is 23.1 Å². The van der Waals surface area contributed by atoms with Gasteiger partial charge in [0.05, 0.1) is 5.56 Å². The summed E-state index contributed by atoms with van der Waals surface area (Å²) >= 11 is 0. The molecule has 3 aromatic rings. The van der Waals surface area contributed by atoms with E-state index < -0.39 is 17.5 Å². The average molecular weight is 379 g/mol. The molecule has 6 nitrogen and oxygen atoms in total. The Morgan fingerprint density at radius 2 is 1.85 bits per heavy atom. The van der Waals surface area contributed by atoms with Crippen LogP contribution in [0.1, 0.15) is 12.5 Å². The summed E-state index contributed by atoms with van der Waals surface area (Å²) in [7, 11) is 0. The number of nitrogens with two attached hydrogens (primary N) is 1. The van der Waals surface area contributed by atoms with Crippen LogP contribution >= 0.6 is 0 Å². The second kappa shape index (κ2) is 7.28. The molecule has 0 aliphatic heterocycles. The lowest BCUT2D eigenvalue weighted by Crippen LogP contribution is -2.22. The Balaban J connectivity index is 2.04. The number of rotatable bonds is 5. The molecule has 0 saturated carbocycles. The summed E-state index contributed by atoms with van der Waals surface area (Å²) < 4.78 is 50.7. The predicted molar refractivity (Wildman–Crippen MR) is 92.1 cm³/mol. The largest absolute Gasteiger partial charge is 0.489 e. The average Bonchev–Trinajstić information content (AvgIpc) is 3.07. The van der Waals surface area contributed by atoms with Gasteiger partial charge in [0.2, 0.25) is 5.89 Å². The van der Waals surface area contributed by atoms with Gasteiger partial charge in [0.25, 0.3) is 0 Å². The van der Waals surface area contributed by atoms with Crippen LogP contribution in [0.4, 0.5) is 13.2 Å². The van der Waals surface area contributed by atoms with Crippen molar-refractivity contribution in [1.29, 1.82) is 0 Å². The van der Waals surface area contributed by atoms with Gasteiger partial charge in [-0.05, 0) is 48.4 Å². The lowest BCUT2D eigenvalue weighted by atomic mass is 9.96. The summed E-state index contributed by atoms with van der Waals surface area (Å²) in [4.78, 5) is 11.1. The SMILES string of the molecule is C[C@@H](CN)Oc1ccc(-c2cc(-c3n[nH]c(=O)o3)ccc2C(F)(F)F)cc1. The number of alkyl halides is 3. The third-order valence-electron chi connectivity index (χ3n) is 3.84. The van der Waals surface area contributed by atoms with Gasteiger partial charge in [0, 0.05) is 12.1 Å². The fraction of sp³-hybridized carbons (Fsp3) is 0.222. The zero-order chi connectivity index (χ0) is 19.6. The summed E-state index contributed by atoms with van der Waals surface area (Å²) in [6, 6.07) is 9.60. The van der Waals surface area contributed by atoms with Crippen LogP contribution in [0, 0.1) is 0 Å². The monoisotopic (exact) mass is 379 g/mol. The van der Waals surface area contributed by atoms with Crippen LogP contribution in [0.3, 0.4) is 0 Å². The highest BCUT2D eigenvalue weighted by atomic mass is 19.4. The maximum absolute atomic E-state index is 13.4. The summed E-state index contributed by atoms with van der Waals surface area (Å²) in [5.74, 6) is -0.381. The molecule has 3 N–H and O–H groups in total. The fourth-order valence-corrected chi connectivity index (χ4v) is 2.51. The molecule has 3 rings (SSSR count). The van der Waals surface area contributed by atoms with Crippen LogP contribution in [-0.4, -0.2) is 22.8 Å². The molecule has 142 valence electrons. The Labute approximate surface area is 151 Å². The van der Waals surface area contributed by atoms with Crippen molar-refractivity contribution in [1.82, 2.24) is 10.2 Å². The van der Waals surface area contributed by atoms with Crippen molar-refractivity contribution in [3.63, 3.8) is 0 Å². The Morgan fingerprint density at radius 1 is 1.19 bits per heavy atom. The van der Waals surface area contributed by atoms with Crippen LogP contribution in [0.25, 0.3) is 22.6 Å². The van der Waals surface area contributed by atoms with Gasteiger partial charge in [0.1, 0.15) is 11.9 Å². The molecule has 0 fully saturated rings. The van der Waals surface area contributed by atoms with Crippen LogP contribution < -0.4 is 16.2 Å². The van der Waals surface area contributed by atoms with Gasteiger partial charge in [-0.25, -0.2) is 9.89 Å². The van der Waals surface area contributed by atoms with E-state index in [1.165, 1.54) is 24.3 Å². The Morgan fingerprint density at radius 3 is 2.41 bits per heavy atom. The standard InChI is InChI=1S/C18H16F3N3O3/c1-10(9-22)26-13-5-2-11(3-6-13)14-8-12(16-23-24-17(25)27-16)4-7-15(14)18(19,20)21/h2-8,10H,9,22H2,1H3,(H,24,25)/t10-/m0/s1. The van der Waals surface area contributed by atoms with Gasteiger partial charge in [-0.1, -0.05) is 12.1 Å². The minimum Gasteiger partial charge on any atom is -0.489 e. The molecule has 0 aliphatic carbocycles. The van der Waals surface area contributed by atoms with E-state index in [0.717, 1.165) is 6.07 Å². The minimum atomic E-state index is -4.55. The van der Waals surface area contributed by atoms with E-state index in [0.29, 0.717) is 17.9 Å². The number of hydrogen-bond acceptors (Lipinski definition) is 5. The molecule has 27 heavy (non-hydrogen) atoms. The lowest BCUT2D eigenvalue weighted by Gasteiger charge is -2.15. The third kappa shape index (κ3) is 4.20. The van der Waals surface area contributed by atoms with Crippen molar-refractivity contribution in [3.05, 3.63) is 58.6 Å². The molecule has 0 amide bonds. The van der Waals surface area contributed by atoms with E-state index in [1.54, 1.807) is 19.1 Å². The van der Waals surface area contributed by atoms with Crippen LogP contribution in [0.2, 0.25) is 0 Å². The number of aromatic amines is 1. The van der Waals surface area contributed by atoms with Gasteiger partial charge in [-0.3, -0.25) is 0 Å². The molecule has 0 saturated heterocycles. The highest BCUT2D eigenvalue weighted by molar-refractivity contribution is 5.74. The summed E-state index contributed by atoms with van der Waals surface area (Å²) in [6.45, 7) is 2.10. The zero-order valence-electron chi connectivity index (χ0n) is 14.2. The summed E-state index contributed by atoms with van der Waals surface area (Å²) in [5, 5.41) is 5.73. The first kappa shape index (κ1) is 18.7. The van der Waals surface area contributed by atoms with E-state index >= 15 is 0 Å². The smallest absolute Gasteiger partial charge is 0.434 e. The first-order chi connectivity index (χ1) is 12.8. The Bertz CT molecular complexity index is 978. The van der Waals surface area contributed by atoms with Crippen molar-refractivity contribution in [2.24, 2.45) is 5.73 Å². The van der Waals surface area contributed by atoms with Gasteiger partial charge < -0.3 is 14.9 Å². The number of halogens is 3. The predicted octanol–water partition coefficient (Wildman–Crippen LogP) is 3.44. The second-order valence-corrected chi connectivity index (χ2v) is 5.86. The number of hydrogen-bond donors (Lipinski definition) is 2. The molecule has 0 unspecified atom stereocenters. The first-order valence-corrected chi connectivity index (χ1v) is 8.02. The molecular weight excluding hydrogens is 363 g/mol. The van der Waals surface area contributed by atoms with Crippen molar-refractivity contribution < 1.29 is 22.3 Å². The maximum Gasteiger partial charge on any atom is 0.434 e. The number of nitrogens with zero attached hydrogens (tertiary/aromatic N) is 1. The van der Waals surface area contributed by atoms with E-state index in [1.807, 2.05) is 0 Å². The molecule has 1 heterocycles.